The Kier molecular flexibility index (Phi) is 10.0. The van der Waals surface area contributed by atoms with Crippen molar-refractivity contribution in [2.75, 3.05) is 23.7 Å². The van der Waals surface area contributed by atoms with Crippen LogP contribution < -0.4 is 14.9 Å². The lowest BCUT2D eigenvalue weighted by molar-refractivity contribution is 0.0830. The van der Waals surface area contributed by atoms with E-state index in [1.807, 2.05) is 67.6 Å². The average Bonchev–Trinajstić information content (AvgIpc) is 2.89. The van der Waals surface area contributed by atoms with Crippen molar-refractivity contribution in [3.05, 3.63) is 102 Å². The molecule has 36 heavy (non-hydrogen) atoms. The number of carbonyl (C=O) groups is 1. The van der Waals surface area contributed by atoms with Crippen molar-refractivity contribution in [3.8, 4) is 0 Å². The summed E-state index contributed by atoms with van der Waals surface area (Å²) in [5, 5.41) is 17.2. The van der Waals surface area contributed by atoms with Crippen molar-refractivity contribution < 1.29 is 18.3 Å². The Bertz CT molecular complexity index is 1200. The average molecular weight is 510 g/mol. The molecule has 0 heterocycles. The van der Waals surface area contributed by atoms with Gasteiger partial charge in [0.05, 0.1) is 23.6 Å². The molecule has 0 saturated carbocycles. The van der Waals surface area contributed by atoms with Crippen LogP contribution in [0.5, 0.6) is 0 Å². The standard InChI is InChI=1S/C28H35N3O4S/c1-3-17-36(34,35)31(2)25-16-10-15-24(19-25)28(33)30-26(18-22-11-6-4-7-12-22)27(32)21-29-20-23-13-8-5-9-14-23/h4-16,19,26-27,29,32H,3,17-18,20-21H2,1-2H3,(H,30,33)/t26-,27+/m0/s1. The van der Waals surface area contributed by atoms with Crippen LogP contribution in [0.1, 0.15) is 34.8 Å². The molecule has 0 fully saturated rings. The number of nitrogens with zero attached hydrogens (tertiary/aromatic N) is 1. The monoisotopic (exact) mass is 509 g/mol. The summed E-state index contributed by atoms with van der Waals surface area (Å²) in [5.74, 6) is -0.345. The maximum absolute atomic E-state index is 13.2. The fraction of sp³-hybridized carbons (Fsp3) is 0.321. The van der Waals surface area contributed by atoms with E-state index in [4.69, 9.17) is 0 Å². The van der Waals surface area contributed by atoms with Gasteiger partial charge in [-0.1, -0.05) is 73.7 Å². The van der Waals surface area contributed by atoms with Crippen molar-refractivity contribution in [2.45, 2.75) is 38.5 Å². The van der Waals surface area contributed by atoms with Gasteiger partial charge in [-0.05, 0) is 42.2 Å². The van der Waals surface area contributed by atoms with E-state index >= 15 is 0 Å². The van der Waals surface area contributed by atoms with Crippen LogP contribution in [-0.2, 0) is 23.0 Å². The van der Waals surface area contributed by atoms with Gasteiger partial charge < -0.3 is 15.7 Å². The molecule has 3 aromatic rings. The third kappa shape index (κ3) is 7.91. The molecule has 0 aliphatic carbocycles. The Balaban J connectivity index is 1.72. The first-order chi connectivity index (χ1) is 17.3. The molecule has 0 aromatic heterocycles. The van der Waals surface area contributed by atoms with E-state index in [9.17, 15) is 18.3 Å². The highest BCUT2D eigenvalue weighted by Gasteiger charge is 2.23. The molecule has 0 radical (unpaired) electrons. The van der Waals surface area contributed by atoms with Crippen LogP contribution in [-0.4, -0.2) is 50.9 Å². The zero-order valence-electron chi connectivity index (χ0n) is 20.8. The molecule has 0 bridgehead atoms. The van der Waals surface area contributed by atoms with Crippen LogP contribution in [0.4, 0.5) is 5.69 Å². The highest BCUT2D eigenvalue weighted by molar-refractivity contribution is 7.92. The fourth-order valence-corrected chi connectivity index (χ4v) is 5.13. The molecule has 0 unspecified atom stereocenters. The molecule has 0 spiro atoms. The van der Waals surface area contributed by atoms with Gasteiger partial charge in [0.1, 0.15) is 0 Å². The van der Waals surface area contributed by atoms with Crippen LogP contribution in [0.2, 0.25) is 0 Å². The first-order valence-corrected chi connectivity index (χ1v) is 13.7. The normalized spacial score (nSPS) is 13.1. The molecule has 0 aliphatic heterocycles. The third-order valence-corrected chi connectivity index (χ3v) is 7.93. The Labute approximate surface area is 214 Å². The lowest BCUT2D eigenvalue weighted by atomic mass is 10.00. The summed E-state index contributed by atoms with van der Waals surface area (Å²) in [6.07, 6.45) is 0.115. The summed E-state index contributed by atoms with van der Waals surface area (Å²) in [5.41, 5.74) is 2.84. The Morgan fingerprint density at radius 2 is 1.58 bits per heavy atom. The second-order valence-electron chi connectivity index (χ2n) is 8.79. The van der Waals surface area contributed by atoms with Gasteiger partial charge in [0, 0.05) is 25.7 Å². The number of hydrogen-bond donors (Lipinski definition) is 3. The summed E-state index contributed by atoms with van der Waals surface area (Å²) < 4.78 is 26.1. The maximum Gasteiger partial charge on any atom is 0.251 e. The van der Waals surface area contributed by atoms with Crippen LogP contribution >= 0.6 is 0 Å². The minimum absolute atomic E-state index is 0.0290. The molecule has 7 nitrogen and oxygen atoms in total. The molecule has 2 atom stereocenters. The largest absolute Gasteiger partial charge is 0.390 e. The van der Waals surface area contributed by atoms with Crippen LogP contribution in [0.15, 0.2) is 84.9 Å². The first kappa shape index (κ1) is 27.4. The second-order valence-corrected chi connectivity index (χ2v) is 10.9. The summed E-state index contributed by atoms with van der Waals surface area (Å²) >= 11 is 0. The quantitative estimate of drug-likeness (QED) is 0.328. The number of amides is 1. The third-order valence-electron chi connectivity index (χ3n) is 5.96. The smallest absolute Gasteiger partial charge is 0.251 e. The number of aliphatic hydroxyl groups excluding tert-OH is 1. The highest BCUT2D eigenvalue weighted by Crippen LogP contribution is 2.19. The molecule has 3 rings (SSSR count). The van der Waals surface area contributed by atoms with E-state index in [2.05, 4.69) is 10.6 Å². The fourth-order valence-electron chi connectivity index (χ4n) is 3.90. The van der Waals surface area contributed by atoms with Crippen LogP contribution in [0.3, 0.4) is 0 Å². The Hall–Kier alpha value is -3.20. The van der Waals surface area contributed by atoms with E-state index in [0.717, 1.165) is 11.1 Å². The predicted octanol–water partition coefficient (Wildman–Crippen LogP) is 3.35. The number of nitrogens with one attached hydrogen (secondary N) is 2. The van der Waals surface area contributed by atoms with E-state index in [-0.39, 0.29) is 11.7 Å². The second kappa shape index (κ2) is 13.2. The van der Waals surface area contributed by atoms with E-state index in [1.165, 1.54) is 11.4 Å². The van der Waals surface area contributed by atoms with Crippen molar-refractivity contribution in [1.82, 2.24) is 10.6 Å². The molecule has 3 aromatic carbocycles. The van der Waals surface area contributed by atoms with Gasteiger partial charge in [-0.15, -0.1) is 0 Å². The van der Waals surface area contributed by atoms with Crippen LogP contribution in [0, 0.1) is 0 Å². The Morgan fingerprint density at radius 3 is 2.22 bits per heavy atom. The van der Waals surface area contributed by atoms with E-state index in [1.54, 1.807) is 24.3 Å². The number of sulfonamides is 1. The molecule has 8 heteroatoms. The molecule has 0 saturated heterocycles. The lowest BCUT2D eigenvalue weighted by Crippen LogP contribution is -2.48. The number of hydrogen-bond acceptors (Lipinski definition) is 5. The number of anilines is 1. The summed E-state index contributed by atoms with van der Waals surface area (Å²) in [7, 11) is -1.97. The summed E-state index contributed by atoms with van der Waals surface area (Å²) in [6, 6.07) is 25.5. The summed E-state index contributed by atoms with van der Waals surface area (Å²) in [6.45, 7) is 2.71. The van der Waals surface area contributed by atoms with Crippen molar-refractivity contribution in [1.29, 1.82) is 0 Å². The van der Waals surface area contributed by atoms with Crippen molar-refractivity contribution >= 4 is 21.6 Å². The minimum atomic E-state index is -3.46. The van der Waals surface area contributed by atoms with Gasteiger partial charge in [0.15, 0.2) is 0 Å². The topological polar surface area (TPSA) is 98.7 Å². The summed E-state index contributed by atoms with van der Waals surface area (Å²) in [4.78, 5) is 13.2. The van der Waals surface area contributed by atoms with Crippen molar-refractivity contribution in [2.24, 2.45) is 0 Å². The highest BCUT2D eigenvalue weighted by atomic mass is 32.2. The number of rotatable bonds is 13. The minimum Gasteiger partial charge on any atom is -0.390 e. The van der Waals surface area contributed by atoms with E-state index in [0.29, 0.717) is 37.2 Å². The lowest BCUT2D eigenvalue weighted by Gasteiger charge is -2.25. The van der Waals surface area contributed by atoms with Gasteiger partial charge in [0.25, 0.3) is 5.91 Å². The zero-order chi connectivity index (χ0) is 26.0. The number of carbonyl (C=O) groups excluding carboxylic acids is 1. The molecule has 192 valence electrons. The zero-order valence-corrected chi connectivity index (χ0v) is 21.6. The molecular weight excluding hydrogens is 474 g/mol. The molecular formula is C28H35N3O4S. The van der Waals surface area contributed by atoms with Gasteiger partial charge in [-0.2, -0.15) is 0 Å². The van der Waals surface area contributed by atoms with Gasteiger partial charge >= 0.3 is 0 Å². The van der Waals surface area contributed by atoms with E-state index < -0.39 is 22.2 Å². The molecule has 3 N–H and O–H groups in total. The number of benzene rings is 3. The van der Waals surface area contributed by atoms with Gasteiger partial charge in [-0.25, -0.2) is 8.42 Å². The Morgan fingerprint density at radius 1 is 0.944 bits per heavy atom. The number of aliphatic hydroxyl groups is 1. The van der Waals surface area contributed by atoms with Gasteiger partial charge in [0.2, 0.25) is 10.0 Å². The first-order valence-electron chi connectivity index (χ1n) is 12.1. The van der Waals surface area contributed by atoms with Gasteiger partial charge in [-0.3, -0.25) is 9.10 Å². The predicted molar refractivity (Wildman–Crippen MR) is 144 cm³/mol. The molecule has 1 amide bonds. The van der Waals surface area contributed by atoms with Crippen molar-refractivity contribution in [3.63, 3.8) is 0 Å². The molecule has 0 aliphatic rings. The van der Waals surface area contributed by atoms with Crippen LogP contribution in [0.25, 0.3) is 0 Å². The maximum atomic E-state index is 13.2. The SMILES string of the molecule is CCCS(=O)(=O)N(C)c1cccc(C(=O)N[C@@H](Cc2ccccc2)[C@H](O)CNCc2ccccc2)c1.